The van der Waals surface area contributed by atoms with Gasteiger partial charge in [-0.1, -0.05) is 56.2 Å². The molecule has 0 radical (unpaired) electrons. The fraction of sp³-hybridized carbons (Fsp3) is 0.632. The minimum atomic E-state index is -0.117. The van der Waals surface area contributed by atoms with Crippen LogP contribution in [0.15, 0.2) is 36.5 Å². The number of esters is 1. The van der Waals surface area contributed by atoms with Gasteiger partial charge in [0.05, 0.1) is 7.11 Å². The first-order chi connectivity index (χ1) is 10.3. The number of unbranched alkanes of at least 4 members (excludes halogenated alkanes) is 5. The average molecular weight is 292 g/mol. The number of allylic oxidation sites excluding steroid dienone is 6. The molecule has 0 bridgehead atoms. The third-order valence-electron chi connectivity index (χ3n) is 3.23. The summed E-state index contributed by atoms with van der Waals surface area (Å²) in [7, 11) is 1.44. The maximum Gasteiger partial charge on any atom is 0.305 e. The predicted molar refractivity (Wildman–Crippen MR) is 91.3 cm³/mol. The monoisotopic (exact) mass is 292 g/mol. The van der Waals surface area contributed by atoms with Gasteiger partial charge in [-0.25, -0.2) is 0 Å². The Morgan fingerprint density at radius 2 is 1.38 bits per heavy atom. The largest absolute Gasteiger partial charge is 0.469 e. The number of carbonyl (C=O) groups is 1. The van der Waals surface area contributed by atoms with Crippen molar-refractivity contribution in [3.8, 4) is 0 Å². The molecule has 0 atom stereocenters. The molecule has 0 amide bonds. The molecule has 2 heteroatoms. The predicted octanol–water partition coefficient (Wildman–Crippen LogP) is 5.75. The first-order valence-electron chi connectivity index (χ1n) is 8.33. The quantitative estimate of drug-likeness (QED) is 0.245. The second-order valence-electron chi connectivity index (χ2n) is 5.19. The molecule has 21 heavy (non-hydrogen) atoms. The summed E-state index contributed by atoms with van der Waals surface area (Å²) in [6, 6.07) is 0. The maximum absolute atomic E-state index is 10.9. The second kappa shape index (κ2) is 16.7. The third kappa shape index (κ3) is 16.6. The molecule has 0 fully saturated rings. The molecule has 2 nitrogen and oxygen atoms in total. The summed E-state index contributed by atoms with van der Waals surface area (Å²) >= 11 is 0. The minimum absolute atomic E-state index is 0.117. The van der Waals surface area contributed by atoms with Gasteiger partial charge in [0.25, 0.3) is 0 Å². The Bertz CT molecular complexity index is 314. The first kappa shape index (κ1) is 19.7. The molecule has 0 saturated heterocycles. The molecule has 0 rings (SSSR count). The van der Waals surface area contributed by atoms with Gasteiger partial charge in [0.1, 0.15) is 0 Å². The second-order valence-corrected chi connectivity index (χ2v) is 5.19. The van der Waals surface area contributed by atoms with Gasteiger partial charge in [-0.2, -0.15) is 0 Å². The molecule has 0 heterocycles. The summed E-state index contributed by atoms with van der Waals surface area (Å²) in [6.45, 7) is 2.24. The van der Waals surface area contributed by atoms with Gasteiger partial charge in [0, 0.05) is 6.42 Å². The highest BCUT2D eigenvalue weighted by molar-refractivity contribution is 5.68. The lowest BCUT2D eigenvalue weighted by atomic mass is 10.2. The highest BCUT2D eigenvalue weighted by Crippen LogP contribution is 2.02. The van der Waals surface area contributed by atoms with Crippen molar-refractivity contribution in [3.63, 3.8) is 0 Å². The van der Waals surface area contributed by atoms with Crippen molar-refractivity contribution in [2.75, 3.05) is 7.11 Å². The van der Waals surface area contributed by atoms with Crippen molar-refractivity contribution in [1.29, 1.82) is 0 Å². The van der Waals surface area contributed by atoms with Crippen LogP contribution in [0.5, 0.6) is 0 Å². The zero-order valence-electron chi connectivity index (χ0n) is 13.9. The average Bonchev–Trinajstić information content (AvgIpc) is 2.50. The summed E-state index contributed by atoms with van der Waals surface area (Å²) in [4.78, 5) is 10.9. The van der Waals surface area contributed by atoms with E-state index in [4.69, 9.17) is 0 Å². The highest BCUT2D eigenvalue weighted by atomic mass is 16.5. The third-order valence-corrected chi connectivity index (χ3v) is 3.23. The molecule has 0 spiro atoms. The Hall–Kier alpha value is -1.31. The standard InChI is InChI=1S/C19H32O2/c1-3-4-5-6-7-8-9-10-11-12-13-14-15-16-17-18-19(20)21-2/h7-8,10-11,14-15H,3-6,9,12-13,16-18H2,1-2H3/b8-7+,11-10+,15-14+. The zero-order chi connectivity index (χ0) is 15.6. The van der Waals surface area contributed by atoms with E-state index < -0.39 is 0 Å². The molecule has 0 aliphatic carbocycles. The van der Waals surface area contributed by atoms with Crippen LogP contribution in [-0.2, 0) is 9.53 Å². The Labute approximate surface area is 131 Å². The summed E-state index contributed by atoms with van der Waals surface area (Å²) < 4.78 is 4.59. The normalized spacial score (nSPS) is 11.9. The molecule has 0 N–H and O–H groups in total. The van der Waals surface area contributed by atoms with E-state index >= 15 is 0 Å². The van der Waals surface area contributed by atoms with E-state index in [9.17, 15) is 4.79 Å². The Morgan fingerprint density at radius 1 is 0.810 bits per heavy atom. The lowest BCUT2D eigenvalue weighted by Gasteiger charge is -1.95. The van der Waals surface area contributed by atoms with Crippen molar-refractivity contribution in [3.05, 3.63) is 36.5 Å². The fourth-order valence-corrected chi connectivity index (χ4v) is 1.91. The van der Waals surface area contributed by atoms with Crippen molar-refractivity contribution >= 4 is 5.97 Å². The number of rotatable bonds is 13. The lowest BCUT2D eigenvalue weighted by Crippen LogP contribution is -1.98. The van der Waals surface area contributed by atoms with E-state index in [2.05, 4.69) is 48.1 Å². The number of methoxy groups -OCH3 is 1. The Morgan fingerprint density at radius 3 is 2.05 bits per heavy atom. The van der Waals surface area contributed by atoms with Crippen molar-refractivity contribution < 1.29 is 9.53 Å². The van der Waals surface area contributed by atoms with Gasteiger partial charge in [-0.3, -0.25) is 4.79 Å². The van der Waals surface area contributed by atoms with Crippen LogP contribution in [0.25, 0.3) is 0 Å². The van der Waals surface area contributed by atoms with E-state index in [0.717, 1.165) is 32.1 Å². The summed E-state index contributed by atoms with van der Waals surface area (Å²) in [6.07, 6.45) is 24.1. The minimum Gasteiger partial charge on any atom is -0.469 e. The molecule has 0 aliphatic heterocycles. The van der Waals surface area contributed by atoms with Crippen LogP contribution in [0, 0.1) is 0 Å². The number of ether oxygens (including phenoxy) is 1. The Balaban J connectivity index is 3.33. The maximum atomic E-state index is 10.9. The van der Waals surface area contributed by atoms with Crippen LogP contribution in [0.1, 0.15) is 71.1 Å². The van der Waals surface area contributed by atoms with Gasteiger partial charge in [-0.05, 0) is 44.9 Å². The van der Waals surface area contributed by atoms with E-state index in [-0.39, 0.29) is 5.97 Å². The topological polar surface area (TPSA) is 26.3 Å². The van der Waals surface area contributed by atoms with E-state index in [0.29, 0.717) is 6.42 Å². The fourth-order valence-electron chi connectivity index (χ4n) is 1.91. The molecule has 0 saturated carbocycles. The number of carbonyl (C=O) groups excluding carboxylic acids is 1. The van der Waals surface area contributed by atoms with Crippen molar-refractivity contribution in [2.24, 2.45) is 0 Å². The first-order valence-corrected chi connectivity index (χ1v) is 8.33. The smallest absolute Gasteiger partial charge is 0.305 e. The summed E-state index contributed by atoms with van der Waals surface area (Å²) in [5.41, 5.74) is 0. The zero-order valence-corrected chi connectivity index (χ0v) is 13.9. The highest BCUT2D eigenvalue weighted by Gasteiger charge is 1.96. The lowest BCUT2D eigenvalue weighted by molar-refractivity contribution is -0.140. The van der Waals surface area contributed by atoms with Crippen LogP contribution in [0.2, 0.25) is 0 Å². The molecule has 0 aliphatic rings. The van der Waals surface area contributed by atoms with Crippen LogP contribution in [-0.4, -0.2) is 13.1 Å². The molecule has 0 aromatic heterocycles. The van der Waals surface area contributed by atoms with Crippen LogP contribution in [0.3, 0.4) is 0 Å². The SMILES string of the molecule is CCCCC/C=C/C/C=C/CC/C=C/CCCC(=O)OC. The van der Waals surface area contributed by atoms with Crippen LogP contribution < -0.4 is 0 Å². The van der Waals surface area contributed by atoms with E-state index in [1.165, 1.54) is 32.8 Å². The number of hydrogen-bond acceptors (Lipinski definition) is 2. The van der Waals surface area contributed by atoms with Crippen molar-refractivity contribution in [1.82, 2.24) is 0 Å². The van der Waals surface area contributed by atoms with Gasteiger partial charge in [0.2, 0.25) is 0 Å². The molecule has 0 unspecified atom stereocenters. The molecular formula is C19H32O2. The summed E-state index contributed by atoms with van der Waals surface area (Å²) in [5, 5.41) is 0. The molecule has 0 aromatic carbocycles. The van der Waals surface area contributed by atoms with Gasteiger partial charge in [0.15, 0.2) is 0 Å². The van der Waals surface area contributed by atoms with Gasteiger partial charge < -0.3 is 4.74 Å². The van der Waals surface area contributed by atoms with Crippen molar-refractivity contribution in [2.45, 2.75) is 71.1 Å². The van der Waals surface area contributed by atoms with Gasteiger partial charge in [-0.15, -0.1) is 0 Å². The van der Waals surface area contributed by atoms with E-state index in [1.807, 2.05) is 0 Å². The van der Waals surface area contributed by atoms with Gasteiger partial charge >= 0.3 is 5.97 Å². The van der Waals surface area contributed by atoms with Crippen LogP contribution >= 0.6 is 0 Å². The summed E-state index contributed by atoms with van der Waals surface area (Å²) in [5.74, 6) is -0.117. The molecule has 120 valence electrons. The van der Waals surface area contributed by atoms with E-state index in [1.54, 1.807) is 0 Å². The Kier molecular flexibility index (Phi) is 15.7. The molecule has 0 aromatic rings. The van der Waals surface area contributed by atoms with Crippen LogP contribution in [0.4, 0.5) is 0 Å². The molecular weight excluding hydrogens is 260 g/mol. The number of hydrogen-bond donors (Lipinski definition) is 0.